The molecule has 5 nitrogen and oxygen atoms in total. The molecule has 1 atom stereocenters. The van der Waals surface area contributed by atoms with Gasteiger partial charge < -0.3 is 14.2 Å². The molecule has 2 heterocycles. The van der Waals surface area contributed by atoms with Gasteiger partial charge in [-0.15, -0.1) is 0 Å². The highest BCUT2D eigenvalue weighted by molar-refractivity contribution is 5.96. The van der Waals surface area contributed by atoms with Gasteiger partial charge in [0.2, 0.25) is 5.91 Å². The number of benzene rings is 3. The molecule has 0 bridgehead atoms. The Morgan fingerprint density at radius 3 is 2.50 bits per heavy atom. The maximum absolute atomic E-state index is 13.1. The Morgan fingerprint density at radius 1 is 0.917 bits per heavy atom. The van der Waals surface area contributed by atoms with Crippen molar-refractivity contribution in [2.45, 2.75) is 59.4 Å². The molecule has 1 saturated heterocycles. The maximum atomic E-state index is 13.1. The lowest BCUT2D eigenvalue weighted by Crippen LogP contribution is -2.24. The standard InChI is InChI=1S/C31H35N3O2/c1-21-11-12-24(4)29(18-21)36-14-8-7-13-33-28-10-6-5-9-27(28)32-31(33)25-19-30(35)34(20-25)26-16-22(2)15-23(3)17-26/h5-6,9-12,15-18,25H,7-8,13-14,19-20H2,1-4H3. The number of aryl methyl sites for hydroxylation is 5. The zero-order chi connectivity index (χ0) is 25.2. The largest absolute Gasteiger partial charge is 0.493 e. The number of nitrogens with zero attached hydrogens (tertiary/aromatic N) is 3. The third-order valence-electron chi connectivity index (χ3n) is 7.07. The van der Waals surface area contributed by atoms with Crippen molar-refractivity contribution in [1.82, 2.24) is 9.55 Å². The molecule has 1 aliphatic rings. The number of imidazole rings is 1. The number of carbonyl (C=O) groups is 1. The first-order chi connectivity index (χ1) is 17.4. The average Bonchev–Trinajstić information content (AvgIpc) is 3.41. The van der Waals surface area contributed by atoms with E-state index in [0.29, 0.717) is 19.6 Å². The van der Waals surface area contributed by atoms with E-state index in [2.05, 4.69) is 86.9 Å². The summed E-state index contributed by atoms with van der Waals surface area (Å²) in [5.74, 6) is 2.24. The van der Waals surface area contributed by atoms with Crippen LogP contribution in [0.4, 0.5) is 5.69 Å². The van der Waals surface area contributed by atoms with Crippen molar-refractivity contribution in [2.24, 2.45) is 0 Å². The van der Waals surface area contributed by atoms with Crippen LogP contribution in [0, 0.1) is 27.7 Å². The fourth-order valence-corrected chi connectivity index (χ4v) is 5.29. The van der Waals surface area contributed by atoms with Crippen molar-refractivity contribution >= 4 is 22.6 Å². The number of unbranched alkanes of at least 4 members (excludes halogenated alkanes) is 1. The van der Waals surface area contributed by atoms with Crippen molar-refractivity contribution in [2.75, 3.05) is 18.1 Å². The molecule has 0 aliphatic carbocycles. The second-order valence-corrected chi connectivity index (χ2v) is 10.2. The van der Waals surface area contributed by atoms with Crippen LogP contribution < -0.4 is 9.64 Å². The highest BCUT2D eigenvalue weighted by atomic mass is 16.5. The van der Waals surface area contributed by atoms with E-state index in [0.717, 1.165) is 47.7 Å². The zero-order valence-corrected chi connectivity index (χ0v) is 21.8. The van der Waals surface area contributed by atoms with Gasteiger partial charge in [-0.3, -0.25) is 4.79 Å². The van der Waals surface area contributed by atoms with Crippen LogP contribution >= 0.6 is 0 Å². The van der Waals surface area contributed by atoms with Gasteiger partial charge in [-0.05, 0) is 93.1 Å². The van der Waals surface area contributed by atoms with Gasteiger partial charge in [-0.1, -0.05) is 30.3 Å². The van der Waals surface area contributed by atoms with Crippen molar-refractivity contribution in [1.29, 1.82) is 0 Å². The first-order valence-electron chi connectivity index (χ1n) is 12.9. The van der Waals surface area contributed by atoms with E-state index < -0.39 is 0 Å². The molecule has 1 aromatic heterocycles. The van der Waals surface area contributed by atoms with Gasteiger partial charge in [-0.25, -0.2) is 4.98 Å². The molecule has 0 saturated carbocycles. The van der Waals surface area contributed by atoms with E-state index in [1.807, 2.05) is 11.0 Å². The normalized spacial score (nSPS) is 15.7. The Labute approximate surface area is 213 Å². The lowest BCUT2D eigenvalue weighted by Gasteiger charge is -2.19. The Kier molecular flexibility index (Phi) is 6.82. The molecule has 0 radical (unpaired) electrons. The number of aromatic nitrogens is 2. The van der Waals surface area contributed by atoms with Gasteiger partial charge in [0.15, 0.2) is 0 Å². The van der Waals surface area contributed by atoms with Gasteiger partial charge in [0, 0.05) is 31.1 Å². The number of anilines is 1. The number of para-hydroxylation sites is 2. The number of fused-ring (bicyclic) bond motifs is 1. The minimum atomic E-state index is 0.0805. The van der Waals surface area contributed by atoms with Crippen molar-refractivity contribution in [3.05, 3.63) is 88.7 Å². The highest BCUT2D eigenvalue weighted by Crippen LogP contribution is 2.34. The second kappa shape index (κ2) is 10.2. The van der Waals surface area contributed by atoms with Crippen LogP contribution in [0.5, 0.6) is 5.75 Å². The lowest BCUT2D eigenvalue weighted by molar-refractivity contribution is -0.117. The van der Waals surface area contributed by atoms with Crippen molar-refractivity contribution < 1.29 is 9.53 Å². The van der Waals surface area contributed by atoms with Crippen molar-refractivity contribution in [3.63, 3.8) is 0 Å². The van der Waals surface area contributed by atoms with Gasteiger partial charge >= 0.3 is 0 Å². The van der Waals surface area contributed by atoms with Crippen LogP contribution in [0.2, 0.25) is 0 Å². The molecule has 186 valence electrons. The fourth-order valence-electron chi connectivity index (χ4n) is 5.29. The molecule has 1 unspecified atom stereocenters. The van der Waals surface area contributed by atoms with Crippen LogP contribution in [0.25, 0.3) is 11.0 Å². The minimum absolute atomic E-state index is 0.0805. The van der Waals surface area contributed by atoms with E-state index in [4.69, 9.17) is 9.72 Å². The third kappa shape index (κ3) is 5.01. The molecule has 4 aromatic rings. The summed E-state index contributed by atoms with van der Waals surface area (Å²) < 4.78 is 8.40. The van der Waals surface area contributed by atoms with Gasteiger partial charge in [0.05, 0.1) is 17.6 Å². The fraction of sp³-hybridized carbons (Fsp3) is 0.355. The Hall–Kier alpha value is -3.60. The van der Waals surface area contributed by atoms with Crippen LogP contribution in [-0.4, -0.2) is 28.6 Å². The Morgan fingerprint density at radius 2 is 1.69 bits per heavy atom. The number of hydrogen-bond acceptors (Lipinski definition) is 3. The molecule has 0 spiro atoms. The number of carbonyl (C=O) groups excluding carboxylic acids is 1. The third-order valence-corrected chi connectivity index (χ3v) is 7.07. The molecule has 3 aromatic carbocycles. The summed E-state index contributed by atoms with van der Waals surface area (Å²) in [6.45, 7) is 10.6. The maximum Gasteiger partial charge on any atom is 0.227 e. The zero-order valence-electron chi connectivity index (χ0n) is 21.8. The minimum Gasteiger partial charge on any atom is -0.493 e. The molecule has 5 rings (SSSR count). The summed E-state index contributed by atoms with van der Waals surface area (Å²) in [5, 5.41) is 0. The molecular formula is C31H35N3O2. The van der Waals surface area contributed by atoms with Gasteiger partial charge in [-0.2, -0.15) is 0 Å². The first kappa shape index (κ1) is 24.1. The van der Waals surface area contributed by atoms with E-state index >= 15 is 0 Å². The second-order valence-electron chi connectivity index (χ2n) is 10.2. The summed E-state index contributed by atoms with van der Waals surface area (Å²) >= 11 is 0. The number of ether oxygens (including phenoxy) is 1. The quantitative estimate of drug-likeness (QED) is 0.265. The molecule has 1 fully saturated rings. The summed E-state index contributed by atoms with van der Waals surface area (Å²) in [5.41, 5.74) is 7.87. The van der Waals surface area contributed by atoms with E-state index in [-0.39, 0.29) is 11.8 Å². The lowest BCUT2D eigenvalue weighted by atomic mass is 10.1. The smallest absolute Gasteiger partial charge is 0.227 e. The molecular weight excluding hydrogens is 446 g/mol. The molecule has 1 aliphatic heterocycles. The van der Waals surface area contributed by atoms with Gasteiger partial charge in [0.25, 0.3) is 0 Å². The SMILES string of the molecule is Cc1cc(C)cc(N2CC(c3nc4ccccc4n3CCCCOc3cc(C)ccc3C)CC2=O)c1. The van der Waals surface area contributed by atoms with E-state index in [1.54, 1.807) is 0 Å². The predicted octanol–water partition coefficient (Wildman–Crippen LogP) is 6.65. The highest BCUT2D eigenvalue weighted by Gasteiger charge is 2.35. The Balaban J connectivity index is 1.30. The molecule has 0 N–H and O–H groups in total. The van der Waals surface area contributed by atoms with Crippen LogP contribution in [0.15, 0.2) is 60.7 Å². The first-order valence-corrected chi connectivity index (χ1v) is 12.9. The predicted molar refractivity (Wildman–Crippen MR) is 146 cm³/mol. The number of amides is 1. The summed E-state index contributed by atoms with van der Waals surface area (Å²) in [7, 11) is 0. The molecule has 5 heteroatoms. The summed E-state index contributed by atoms with van der Waals surface area (Å²) in [6.07, 6.45) is 2.43. The van der Waals surface area contributed by atoms with Crippen molar-refractivity contribution in [3.8, 4) is 5.75 Å². The summed E-state index contributed by atoms with van der Waals surface area (Å²) in [6, 6.07) is 21.0. The van der Waals surface area contributed by atoms with E-state index in [1.165, 1.54) is 22.3 Å². The number of rotatable bonds is 8. The van der Waals surface area contributed by atoms with Crippen LogP contribution in [0.1, 0.15) is 53.3 Å². The molecule has 36 heavy (non-hydrogen) atoms. The van der Waals surface area contributed by atoms with E-state index in [9.17, 15) is 4.79 Å². The van der Waals surface area contributed by atoms with Gasteiger partial charge in [0.1, 0.15) is 11.6 Å². The van der Waals surface area contributed by atoms with Crippen LogP contribution in [-0.2, 0) is 11.3 Å². The topological polar surface area (TPSA) is 47.4 Å². The van der Waals surface area contributed by atoms with Crippen LogP contribution in [0.3, 0.4) is 0 Å². The molecule has 1 amide bonds. The Bertz CT molecular complexity index is 1380. The summed E-state index contributed by atoms with van der Waals surface area (Å²) in [4.78, 5) is 20.0. The number of hydrogen-bond donors (Lipinski definition) is 0. The average molecular weight is 482 g/mol. The monoisotopic (exact) mass is 481 g/mol.